The zero-order valence-corrected chi connectivity index (χ0v) is 12.0. The minimum atomic E-state index is 0.501. The molecule has 0 atom stereocenters. The van der Waals surface area contributed by atoms with E-state index in [-0.39, 0.29) is 0 Å². The van der Waals surface area contributed by atoms with Crippen molar-refractivity contribution < 1.29 is 9.47 Å². The maximum Gasteiger partial charge on any atom is 0.224 e. The topological polar surface area (TPSA) is 56.3 Å². The third kappa shape index (κ3) is 3.60. The van der Waals surface area contributed by atoms with Crippen molar-refractivity contribution in [3.63, 3.8) is 0 Å². The molecule has 0 unspecified atom stereocenters. The van der Waals surface area contributed by atoms with Gasteiger partial charge in [-0.1, -0.05) is 19.1 Å². The Bertz CT molecular complexity index is 573. The molecule has 0 spiro atoms. The minimum absolute atomic E-state index is 0.501. The van der Waals surface area contributed by atoms with Crippen LogP contribution in [-0.4, -0.2) is 23.6 Å². The van der Waals surface area contributed by atoms with Gasteiger partial charge < -0.3 is 14.8 Å². The molecule has 0 fully saturated rings. The highest BCUT2D eigenvalue weighted by Gasteiger charge is 2.07. The van der Waals surface area contributed by atoms with Crippen LogP contribution in [0.1, 0.15) is 19.2 Å². The summed E-state index contributed by atoms with van der Waals surface area (Å²) < 4.78 is 11.0. The molecule has 1 heterocycles. The predicted molar refractivity (Wildman–Crippen MR) is 78.6 cm³/mol. The molecule has 0 saturated carbocycles. The number of benzene rings is 1. The van der Waals surface area contributed by atoms with E-state index in [0.717, 1.165) is 18.8 Å². The summed E-state index contributed by atoms with van der Waals surface area (Å²) in [5.41, 5.74) is 0. The van der Waals surface area contributed by atoms with Crippen LogP contribution in [0.3, 0.4) is 0 Å². The van der Waals surface area contributed by atoms with Crippen LogP contribution < -0.4 is 14.8 Å². The average Bonchev–Trinajstić information content (AvgIpc) is 2.45. The number of hydrogen-bond donors (Lipinski definition) is 1. The Balaban J connectivity index is 2.22. The van der Waals surface area contributed by atoms with Gasteiger partial charge in [-0.15, -0.1) is 0 Å². The fraction of sp³-hybridized carbons (Fsp3) is 0.333. The molecular formula is C15H19N3O2. The Labute approximate surface area is 119 Å². The summed E-state index contributed by atoms with van der Waals surface area (Å²) in [7, 11) is 1.61. The zero-order valence-electron chi connectivity index (χ0n) is 12.0. The van der Waals surface area contributed by atoms with Crippen molar-refractivity contribution in [1.82, 2.24) is 9.97 Å². The summed E-state index contributed by atoms with van der Waals surface area (Å²) in [5, 5.41) is 3.23. The second-order valence-corrected chi connectivity index (χ2v) is 4.32. The number of hydrogen-bond acceptors (Lipinski definition) is 5. The highest BCUT2D eigenvalue weighted by Crippen LogP contribution is 2.30. The number of methoxy groups -OCH3 is 1. The maximum atomic E-state index is 5.79. The number of ether oxygens (including phenoxy) is 2. The Morgan fingerprint density at radius 1 is 1.15 bits per heavy atom. The Hall–Kier alpha value is -2.30. The van der Waals surface area contributed by atoms with Crippen molar-refractivity contribution in [3.8, 4) is 17.4 Å². The van der Waals surface area contributed by atoms with Gasteiger partial charge in [0, 0.05) is 12.6 Å². The lowest BCUT2D eigenvalue weighted by Crippen LogP contribution is -2.04. The smallest absolute Gasteiger partial charge is 0.224 e. The highest BCUT2D eigenvalue weighted by atomic mass is 16.5. The molecule has 1 aromatic carbocycles. The summed E-state index contributed by atoms with van der Waals surface area (Å²) in [6, 6.07) is 9.26. The van der Waals surface area contributed by atoms with E-state index in [4.69, 9.17) is 9.47 Å². The molecule has 0 aliphatic heterocycles. The van der Waals surface area contributed by atoms with Crippen LogP contribution in [-0.2, 0) is 0 Å². The third-order valence-corrected chi connectivity index (χ3v) is 2.65. The number of nitrogens with one attached hydrogen (secondary N) is 1. The van der Waals surface area contributed by atoms with Crippen molar-refractivity contribution in [3.05, 3.63) is 36.2 Å². The molecule has 0 radical (unpaired) electrons. The van der Waals surface area contributed by atoms with E-state index < -0.39 is 0 Å². The summed E-state index contributed by atoms with van der Waals surface area (Å²) in [5.74, 6) is 3.24. The lowest BCUT2D eigenvalue weighted by molar-refractivity contribution is 0.373. The van der Waals surface area contributed by atoms with E-state index in [9.17, 15) is 0 Å². The second kappa shape index (κ2) is 6.75. The SMILES string of the molecule is CCCNc1cc(Oc2ccccc2OC)nc(C)n1. The van der Waals surface area contributed by atoms with Crippen LogP contribution in [0.25, 0.3) is 0 Å². The van der Waals surface area contributed by atoms with E-state index >= 15 is 0 Å². The van der Waals surface area contributed by atoms with Gasteiger partial charge in [-0.25, -0.2) is 4.98 Å². The molecule has 20 heavy (non-hydrogen) atoms. The van der Waals surface area contributed by atoms with Crippen LogP contribution in [0.15, 0.2) is 30.3 Å². The van der Waals surface area contributed by atoms with Crippen molar-refractivity contribution in [2.24, 2.45) is 0 Å². The van der Waals surface area contributed by atoms with Gasteiger partial charge in [0.15, 0.2) is 11.5 Å². The van der Waals surface area contributed by atoms with Gasteiger partial charge in [-0.2, -0.15) is 4.98 Å². The van der Waals surface area contributed by atoms with Crippen LogP contribution in [0, 0.1) is 6.92 Å². The summed E-state index contributed by atoms with van der Waals surface area (Å²) in [6.45, 7) is 4.81. The van der Waals surface area contributed by atoms with Crippen molar-refractivity contribution in [2.45, 2.75) is 20.3 Å². The van der Waals surface area contributed by atoms with Gasteiger partial charge in [-0.05, 0) is 25.5 Å². The first kappa shape index (κ1) is 14.1. The molecule has 5 heteroatoms. The number of para-hydroxylation sites is 2. The second-order valence-electron chi connectivity index (χ2n) is 4.32. The number of rotatable bonds is 6. The fourth-order valence-electron chi connectivity index (χ4n) is 1.75. The van der Waals surface area contributed by atoms with Crippen molar-refractivity contribution >= 4 is 5.82 Å². The first-order valence-corrected chi connectivity index (χ1v) is 6.63. The van der Waals surface area contributed by atoms with Crippen LogP contribution in [0.4, 0.5) is 5.82 Å². The monoisotopic (exact) mass is 273 g/mol. The molecule has 2 rings (SSSR count). The number of anilines is 1. The van der Waals surface area contributed by atoms with Gasteiger partial charge in [0.2, 0.25) is 5.88 Å². The van der Waals surface area contributed by atoms with Gasteiger partial charge in [0.1, 0.15) is 11.6 Å². The lowest BCUT2D eigenvalue weighted by atomic mass is 10.3. The van der Waals surface area contributed by atoms with Crippen LogP contribution in [0.2, 0.25) is 0 Å². The Morgan fingerprint density at radius 3 is 2.60 bits per heavy atom. The molecular weight excluding hydrogens is 254 g/mol. The molecule has 5 nitrogen and oxygen atoms in total. The van der Waals surface area contributed by atoms with E-state index in [1.165, 1.54) is 0 Å². The summed E-state index contributed by atoms with van der Waals surface area (Å²) >= 11 is 0. The molecule has 0 aliphatic rings. The van der Waals surface area contributed by atoms with E-state index in [1.54, 1.807) is 13.2 Å². The number of aryl methyl sites for hydroxylation is 1. The summed E-state index contributed by atoms with van der Waals surface area (Å²) in [4.78, 5) is 8.61. The quantitative estimate of drug-likeness (QED) is 0.874. The maximum absolute atomic E-state index is 5.79. The molecule has 1 N–H and O–H groups in total. The van der Waals surface area contributed by atoms with E-state index in [1.807, 2.05) is 31.2 Å². The molecule has 1 aromatic heterocycles. The van der Waals surface area contributed by atoms with Gasteiger partial charge in [0.05, 0.1) is 7.11 Å². The third-order valence-electron chi connectivity index (χ3n) is 2.65. The lowest BCUT2D eigenvalue weighted by Gasteiger charge is -2.11. The van der Waals surface area contributed by atoms with Crippen molar-refractivity contribution in [2.75, 3.05) is 19.0 Å². The molecule has 2 aromatic rings. The van der Waals surface area contributed by atoms with Gasteiger partial charge in [-0.3, -0.25) is 0 Å². The normalized spacial score (nSPS) is 10.2. The van der Waals surface area contributed by atoms with Crippen LogP contribution in [0.5, 0.6) is 17.4 Å². The standard InChI is InChI=1S/C15H19N3O2/c1-4-9-16-14-10-15(18-11(2)17-14)20-13-8-6-5-7-12(13)19-3/h5-8,10H,4,9H2,1-3H3,(H,16,17,18). The Kier molecular flexibility index (Phi) is 4.76. The Morgan fingerprint density at radius 2 is 1.90 bits per heavy atom. The van der Waals surface area contributed by atoms with E-state index in [0.29, 0.717) is 23.2 Å². The molecule has 0 bridgehead atoms. The molecule has 0 aliphatic carbocycles. The largest absolute Gasteiger partial charge is 0.493 e. The fourth-order valence-corrected chi connectivity index (χ4v) is 1.75. The molecule has 0 saturated heterocycles. The van der Waals surface area contributed by atoms with Crippen LogP contribution >= 0.6 is 0 Å². The summed E-state index contributed by atoms with van der Waals surface area (Å²) in [6.07, 6.45) is 1.03. The number of aromatic nitrogens is 2. The molecule has 106 valence electrons. The highest BCUT2D eigenvalue weighted by molar-refractivity contribution is 5.44. The number of nitrogens with zero attached hydrogens (tertiary/aromatic N) is 2. The average molecular weight is 273 g/mol. The molecule has 0 amide bonds. The zero-order chi connectivity index (χ0) is 14.4. The van der Waals surface area contributed by atoms with E-state index in [2.05, 4.69) is 22.2 Å². The first-order chi connectivity index (χ1) is 9.72. The van der Waals surface area contributed by atoms with Crippen molar-refractivity contribution in [1.29, 1.82) is 0 Å². The van der Waals surface area contributed by atoms with Gasteiger partial charge in [0.25, 0.3) is 0 Å². The first-order valence-electron chi connectivity index (χ1n) is 6.63. The minimum Gasteiger partial charge on any atom is -0.493 e. The van der Waals surface area contributed by atoms with Gasteiger partial charge >= 0.3 is 0 Å². The predicted octanol–water partition coefficient (Wildman–Crippen LogP) is 3.41.